The average Bonchev–Trinajstić information content (AvgIpc) is 2.90. The Kier molecular flexibility index (Phi) is 6.67. The van der Waals surface area contributed by atoms with Crippen LogP contribution in [0.1, 0.15) is 26.1 Å². The molecule has 0 unspecified atom stereocenters. The van der Waals surface area contributed by atoms with Gasteiger partial charge in [0.25, 0.3) is 0 Å². The van der Waals surface area contributed by atoms with Crippen LogP contribution in [0.15, 0.2) is 29.3 Å². The van der Waals surface area contributed by atoms with Crippen molar-refractivity contribution in [2.24, 2.45) is 4.99 Å². The van der Waals surface area contributed by atoms with E-state index in [4.69, 9.17) is 16.3 Å². The van der Waals surface area contributed by atoms with E-state index >= 15 is 0 Å². The molecule has 0 fully saturated rings. The third kappa shape index (κ3) is 6.05. The molecule has 0 atom stereocenters. The molecule has 27 heavy (non-hydrogen) atoms. The van der Waals surface area contributed by atoms with Crippen molar-refractivity contribution in [3.8, 4) is 0 Å². The van der Waals surface area contributed by atoms with Crippen LogP contribution in [0.5, 0.6) is 0 Å². The normalized spacial score (nSPS) is 18.0. The van der Waals surface area contributed by atoms with Gasteiger partial charge in [-0.1, -0.05) is 35.9 Å². The van der Waals surface area contributed by atoms with E-state index in [9.17, 15) is 18.3 Å². The van der Waals surface area contributed by atoms with Crippen molar-refractivity contribution in [2.75, 3.05) is 6.61 Å². The zero-order valence-corrected chi connectivity index (χ0v) is 15.8. The summed E-state index contributed by atoms with van der Waals surface area (Å²) in [6, 6.07) is 0. The third-order valence-corrected chi connectivity index (χ3v) is 3.91. The topological polar surface area (TPSA) is 59.6 Å². The highest BCUT2D eigenvalue weighted by Gasteiger charge is 2.28. The van der Waals surface area contributed by atoms with Crippen molar-refractivity contribution < 1.29 is 23.0 Å². The molecule has 0 amide bonds. The zero-order valence-electron chi connectivity index (χ0n) is 15.1. The van der Waals surface area contributed by atoms with Crippen LogP contribution in [-0.2, 0) is 17.9 Å². The van der Waals surface area contributed by atoms with Gasteiger partial charge >= 0.3 is 6.18 Å². The molecular weight excluding hydrogens is 383 g/mol. The number of hydrogen-bond donors (Lipinski definition) is 1. The van der Waals surface area contributed by atoms with E-state index in [1.165, 1.54) is 0 Å². The predicted molar refractivity (Wildman–Crippen MR) is 98.6 cm³/mol. The van der Waals surface area contributed by atoms with E-state index in [0.29, 0.717) is 11.8 Å². The number of hydrogen-bond acceptors (Lipinski definition) is 4. The third-order valence-electron chi connectivity index (χ3n) is 3.61. The molecule has 0 radical (unpaired) electrons. The molecule has 1 aromatic rings. The fourth-order valence-corrected chi connectivity index (χ4v) is 2.79. The van der Waals surface area contributed by atoms with Gasteiger partial charge < -0.3 is 14.4 Å². The summed E-state index contributed by atoms with van der Waals surface area (Å²) in [6.45, 7) is 4.87. The monoisotopic (exact) mass is 403 g/mol. The Bertz CT molecular complexity index is 877. The maximum absolute atomic E-state index is 12.4. The highest BCUT2D eigenvalue weighted by molar-refractivity contribution is 6.44. The molecule has 1 aliphatic carbocycles. The first-order valence-corrected chi connectivity index (χ1v) is 8.55. The first-order valence-electron chi connectivity index (χ1n) is 8.17. The van der Waals surface area contributed by atoms with Crippen molar-refractivity contribution in [1.29, 1.82) is 0 Å². The molecule has 148 valence electrons. The van der Waals surface area contributed by atoms with E-state index in [-0.39, 0.29) is 22.9 Å². The van der Waals surface area contributed by atoms with Crippen LogP contribution in [0, 0.1) is 0 Å². The van der Waals surface area contributed by atoms with Crippen LogP contribution in [0.2, 0.25) is 0 Å². The summed E-state index contributed by atoms with van der Waals surface area (Å²) in [6.07, 6.45) is 3.62. The fraction of sp³-hybridized carbons (Fsp3) is 0.444. The summed E-state index contributed by atoms with van der Waals surface area (Å²) in [4.78, 5) is 8.04. The van der Waals surface area contributed by atoms with Gasteiger partial charge in [0.05, 0.1) is 17.5 Å². The van der Waals surface area contributed by atoms with Gasteiger partial charge in [-0.05, 0) is 32.6 Å². The molecule has 0 aliphatic heterocycles. The molecule has 1 aromatic heterocycles. The van der Waals surface area contributed by atoms with Crippen LogP contribution in [-0.4, -0.2) is 39.8 Å². The van der Waals surface area contributed by atoms with Crippen LogP contribution in [0.25, 0.3) is 10.7 Å². The van der Waals surface area contributed by atoms with E-state index < -0.39 is 25.0 Å². The number of halogens is 4. The highest BCUT2D eigenvalue weighted by atomic mass is 35.5. The fourth-order valence-electron chi connectivity index (χ4n) is 2.66. The molecule has 5 nitrogen and oxygen atoms in total. The Morgan fingerprint density at radius 2 is 2.11 bits per heavy atom. The minimum atomic E-state index is -4.45. The van der Waals surface area contributed by atoms with Crippen molar-refractivity contribution in [2.45, 2.75) is 45.2 Å². The Morgan fingerprint density at radius 1 is 1.41 bits per heavy atom. The molecule has 1 aliphatic rings. The molecule has 9 heteroatoms. The van der Waals surface area contributed by atoms with Crippen molar-refractivity contribution in [1.82, 2.24) is 9.55 Å². The lowest BCUT2D eigenvalue weighted by Crippen LogP contribution is -2.39. The molecule has 0 aromatic carbocycles. The minimum absolute atomic E-state index is 0.0204. The molecular formula is C18H21ClF3N3O2. The highest BCUT2D eigenvalue weighted by Crippen LogP contribution is 2.16. The molecule has 0 saturated carbocycles. The van der Waals surface area contributed by atoms with Gasteiger partial charge in [0, 0.05) is 0 Å². The molecule has 0 spiro atoms. The average molecular weight is 404 g/mol. The Hall–Kier alpha value is -1.90. The number of allylic oxidation sites excluding steroid dienone is 4. The second kappa shape index (κ2) is 8.41. The predicted octanol–water partition coefficient (Wildman–Crippen LogP) is 2.40. The first kappa shape index (κ1) is 21.4. The number of alkyl halides is 3. The number of ether oxygens (including phenoxy) is 1. The Labute approximate surface area is 159 Å². The van der Waals surface area contributed by atoms with Crippen LogP contribution in [0.4, 0.5) is 13.2 Å². The van der Waals surface area contributed by atoms with E-state index in [0.717, 1.165) is 5.57 Å². The molecule has 0 saturated heterocycles. The zero-order chi connectivity index (χ0) is 20.2. The first-order chi connectivity index (χ1) is 12.5. The molecule has 0 bridgehead atoms. The van der Waals surface area contributed by atoms with Gasteiger partial charge in [-0.3, -0.25) is 4.99 Å². The van der Waals surface area contributed by atoms with Gasteiger partial charge in [0.1, 0.15) is 24.4 Å². The van der Waals surface area contributed by atoms with Gasteiger partial charge in [-0.2, -0.15) is 13.2 Å². The second-order valence-corrected chi connectivity index (χ2v) is 7.06. The quantitative estimate of drug-likeness (QED) is 0.586. The number of aliphatic imine (C=N–C) groups is 1. The number of nitrogens with zero attached hydrogens (tertiary/aromatic N) is 3. The van der Waals surface area contributed by atoms with Crippen molar-refractivity contribution in [3.63, 3.8) is 0 Å². The lowest BCUT2D eigenvalue weighted by Gasteiger charge is -2.20. The lowest BCUT2D eigenvalue weighted by molar-refractivity contribution is -0.177. The smallest absolute Gasteiger partial charge is 0.389 e. The number of imidazole rings is 1. The summed E-state index contributed by atoms with van der Waals surface area (Å²) >= 11 is 6.15. The van der Waals surface area contributed by atoms with Gasteiger partial charge in [0.2, 0.25) is 0 Å². The molecule has 1 N–H and O–H groups in total. The van der Waals surface area contributed by atoms with Crippen molar-refractivity contribution >= 4 is 29.0 Å². The van der Waals surface area contributed by atoms with Crippen molar-refractivity contribution in [3.05, 3.63) is 40.8 Å². The lowest BCUT2D eigenvalue weighted by atomic mass is 10.1. The Balaban J connectivity index is 2.67. The van der Waals surface area contributed by atoms with Gasteiger partial charge in [-0.25, -0.2) is 4.98 Å². The number of aliphatic hydroxyl groups is 1. The second-order valence-electron chi connectivity index (χ2n) is 6.70. The van der Waals surface area contributed by atoms with Crippen LogP contribution in [0.3, 0.4) is 0 Å². The number of aromatic nitrogens is 2. The summed E-state index contributed by atoms with van der Waals surface area (Å²) in [5.41, 5.74) is -0.304. The van der Waals surface area contributed by atoms with Crippen LogP contribution < -0.4 is 10.7 Å². The maximum Gasteiger partial charge on any atom is 0.411 e. The van der Waals surface area contributed by atoms with E-state index in [1.807, 2.05) is 24.3 Å². The standard InChI is InChI=1S/C18H21ClF3N3O2/c1-17(2,26)10-25-13(9-27-11-18(20,21)22)24-14(16(19)23-3)15(25)12-7-5-4-6-8-12/h4-7,26H,3,8-11H2,1-2H3/b15-12+,16-14+. The molecule has 2 rings (SSSR count). The van der Waals surface area contributed by atoms with Gasteiger partial charge in [-0.15, -0.1) is 0 Å². The van der Waals surface area contributed by atoms with E-state index in [1.54, 1.807) is 18.4 Å². The summed E-state index contributed by atoms with van der Waals surface area (Å²) in [7, 11) is 0. The largest absolute Gasteiger partial charge is 0.411 e. The molecule has 1 heterocycles. The van der Waals surface area contributed by atoms with E-state index in [2.05, 4.69) is 16.7 Å². The summed E-state index contributed by atoms with van der Waals surface area (Å²) < 4.78 is 43.7. The number of rotatable bonds is 6. The Morgan fingerprint density at radius 3 is 2.63 bits per heavy atom. The summed E-state index contributed by atoms with van der Waals surface area (Å²) in [5, 5.41) is 11.2. The SMILES string of the molecule is C=N/C(Cl)=c1/nc(COCC(F)(F)F)n(CC(C)(C)O)/c1=C1\C=CC=CC1. The van der Waals surface area contributed by atoms with Gasteiger partial charge in [0.15, 0.2) is 5.16 Å². The summed E-state index contributed by atoms with van der Waals surface area (Å²) in [5.74, 6) is 0.212. The maximum atomic E-state index is 12.4. The van der Waals surface area contributed by atoms with Crippen LogP contribution >= 0.6 is 11.6 Å². The minimum Gasteiger partial charge on any atom is -0.389 e.